The summed E-state index contributed by atoms with van der Waals surface area (Å²) < 4.78 is 4.92. The van der Waals surface area contributed by atoms with Crippen molar-refractivity contribution in [2.24, 2.45) is 0 Å². The number of benzene rings is 1. The van der Waals surface area contributed by atoms with Crippen LogP contribution in [0.5, 0.6) is 0 Å². The van der Waals surface area contributed by atoms with Crippen LogP contribution < -0.4 is 0 Å². The molecule has 1 saturated heterocycles. The van der Waals surface area contributed by atoms with Crippen LogP contribution in [0, 0.1) is 0 Å². The van der Waals surface area contributed by atoms with Gasteiger partial charge in [-0.05, 0) is 38.4 Å². The highest BCUT2D eigenvalue weighted by Crippen LogP contribution is 2.10. The highest BCUT2D eigenvalue weighted by molar-refractivity contribution is 5.94. The molecule has 1 heterocycles. The maximum absolute atomic E-state index is 12.4. The number of amides is 1. The van der Waals surface area contributed by atoms with Crippen molar-refractivity contribution >= 4 is 11.9 Å². The van der Waals surface area contributed by atoms with Crippen molar-refractivity contribution < 1.29 is 14.3 Å². The van der Waals surface area contributed by atoms with Crippen molar-refractivity contribution in [3.63, 3.8) is 0 Å². The van der Waals surface area contributed by atoms with Crippen LogP contribution in [0.1, 0.15) is 36.5 Å². The molecule has 0 aromatic heterocycles. The molecule has 0 spiro atoms. The quantitative estimate of drug-likeness (QED) is 0.571. The Morgan fingerprint density at radius 2 is 1.74 bits per heavy atom. The van der Waals surface area contributed by atoms with Crippen molar-refractivity contribution in [3.8, 4) is 0 Å². The molecular weight excluding hydrogens is 292 g/mol. The number of piperazine rings is 1. The first-order chi connectivity index (χ1) is 11.2. The second kappa shape index (κ2) is 9.30. The second-order valence-corrected chi connectivity index (χ2v) is 5.76. The maximum Gasteiger partial charge on any atom is 0.305 e. The molecular formula is C18H26N2O3. The smallest absolute Gasteiger partial charge is 0.305 e. The standard InChI is InChI=1S/C18H26N2O3/c1-2-23-17(21)10-6-7-11-19-12-14-20(15-13-19)18(22)16-8-4-3-5-9-16/h3-5,8-9H,2,6-7,10-15H2,1H3. The minimum Gasteiger partial charge on any atom is -0.466 e. The van der Waals surface area contributed by atoms with Crippen LogP contribution in [0.15, 0.2) is 30.3 Å². The van der Waals surface area contributed by atoms with Crippen LogP contribution in [0.2, 0.25) is 0 Å². The predicted octanol–water partition coefficient (Wildman–Crippen LogP) is 2.18. The summed E-state index contributed by atoms with van der Waals surface area (Å²) in [5.74, 6) is 0.0124. The fourth-order valence-corrected chi connectivity index (χ4v) is 2.78. The first-order valence-electron chi connectivity index (χ1n) is 8.43. The number of ether oxygens (including phenoxy) is 1. The number of rotatable bonds is 7. The van der Waals surface area contributed by atoms with E-state index in [0.29, 0.717) is 13.0 Å². The van der Waals surface area contributed by atoms with E-state index in [1.165, 1.54) is 0 Å². The summed E-state index contributed by atoms with van der Waals surface area (Å²) in [5, 5.41) is 0. The normalized spacial score (nSPS) is 15.4. The van der Waals surface area contributed by atoms with Gasteiger partial charge >= 0.3 is 5.97 Å². The Morgan fingerprint density at radius 3 is 2.39 bits per heavy atom. The van der Waals surface area contributed by atoms with E-state index in [0.717, 1.165) is 51.1 Å². The fourth-order valence-electron chi connectivity index (χ4n) is 2.78. The van der Waals surface area contributed by atoms with Gasteiger partial charge in [0.15, 0.2) is 0 Å². The zero-order chi connectivity index (χ0) is 16.5. The zero-order valence-corrected chi connectivity index (χ0v) is 13.9. The van der Waals surface area contributed by atoms with Gasteiger partial charge in [0.05, 0.1) is 6.61 Å². The SMILES string of the molecule is CCOC(=O)CCCCN1CCN(C(=O)c2ccccc2)CC1. The van der Waals surface area contributed by atoms with E-state index in [2.05, 4.69) is 4.90 Å². The molecule has 1 amide bonds. The van der Waals surface area contributed by atoms with Gasteiger partial charge in [-0.15, -0.1) is 0 Å². The summed E-state index contributed by atoms with van der Waals surface area (Å²) in [6.45, 7) is 6.60. The number of esters is 1. The molecule has 5 nitrogen and oxygen atoms in total. The highest BCUT2D eigenvalue weighted by Gasteiger charge is 2.21. The fraction of sp³-hybridized carbons (Fsp3) is 0.556. The van der Waals surface area contributed by atoms with E-state index >= 15 is 0 Å². The first kappa shape index (κ1) is 17.5. The number of carbonyl (C=O) groups excluding carboxylic acids is 2. The van der Waals surface area contributed by atoms with Gasteiger partial charge in [-0.3, -0.25) is 14.5 Å². The Hall–Kier alpha value is -1.88. The van der Waals surface area contributed by atoms with E-state index in [4.69, 9.17) is 4.74 Å². The summed E-state index contributed by atoms with van der Waals surface area (Å²) in [5.41, 5.74) is 0.760. The molecule has 1 aliphatic heterocycles. The van der Waals surface area contributed by atoms with Crippen LogP contribution >= 0.6 is 0 Å². The molecule has 0 atom stereocenters. The molecule has 0 saturated carbocycles. The summed E-state index contributed by atoms with van der Waals surface area (Å²) >= 11 is 0. The van der Waals surface area contributed by atoms with Gasteiger partial charge in [0.25, 0.3) is 5.91 Å². The van der Waals surface area contributed by atoms with Crippen molar-refractivity contribution in [2.75, 3.05) is 39.3 Å². The molecule has 0 bridgehead atoms. The van der Waals surface area contributed by atoms with Gasteiger partial charge in [-0.25, -0.2) is 0 Å². The average molecular weight is 318 g/mol. The molecule has 126 valence electrons. The van der Waals surface area contributed by atoms with Gasteiger partial charge in [0.2, 0.25) is 0 Å². The Kier molecular flexibility index (Phi) is 7.07. The van der Waals surface area contributed by atoms with Crippen molar-refractivity contribution in [1.29, 1.82) is 0 Å². The molecule has 1 fully saturated rings. The number of nitrogens with zero attached hydrogens (tertiary/aromatic N) is 2. The number of hydrogen-bond donors (Lipinski definition) is 0. The monoisotopic (exact) mass is 318 g/mol. The lowest BCUT2D eigenvalue weighted by molar-refractivity contribution is -0.143. The third kappa shape index (κ3) is 5.67. The Labute approximate surface area is 138 Å². The molecule has 0 N–H and O–H groups in total. The Balaban J connectivity index is 1.64. The zero-order valence-electron chi connectivity index (χ0n) is 13.9. The van der Waals surface area contributed by atoms with Crippen molar-refractivity contribution in [1.82, 2.24) is 9.80 Å². The molecule has 0 radical (unpaired) electrons. The van der Waals surface area contributed by atoms with Gasteiger partial charge in [0.1, 0.15) is 0 Å². The topological polar surface area (TPSA) is 49.9 Å². The lowest BCUT2D eigenvalue weighted by Gasteiger charge is -2.34. The van der Waals surface area contributed by atoms with Crippen LogP contribution in [0.4, 0.5) is 0 Å². The molecule has 1 aromatic carbocycles. The van der Waals surface area contributed by atoms with Crippen LogP contribution in [0.25, 0.3) is 0 Å². The third-order valence-electron chi connectivity index (χ3n) is 4.09. The highest BCUT2D eigenvalue weighted by atomic mass is 16.5. The van der Waals surface area contributed by atoms with Crippen LogP contribution in [-0.2, 0) is 9.53 Å². The van der Waals surface area contributed by atoms with Gasteiger partial charge < -0.3 is 9.64 Å². The first-order valence-corrected chi connectivity index (χ1v) is 8.43. The number of unbranched alkanes of at least 4 members (excludes halogenated alkanes) is 1. The summed E-state index contributed by atoms with van der Waals surface area (Å²) in [6, 6.07) is 9.44. The van der Waals surface area contributed by atoms with Crippen molar-refractivity contribution in [3.05, 3.63) is 35.9 Å². The minimum atomic E-state index is -0.106. The van der Waals surface area contributed by atoms with Crippen LogP contribution in [-0.4, -0.2) is 61.0 Å². The molecule has 5 heteroatoms. The lowest BCUT2D eigenvalue weighted by atomic mass is 10.1. The Morgan fingerprint density at radius 1 is 1.04 bits per heavy atom. The second-order valence-electron chi connectivity index (χ2n) is 5.76. The Bertz CT molecular complexity index is 496. The molecule has 0 aliphatic carbocycles. The summed E-state index contributed by atoms with van der Waals surface area (Å²) in [6.07, 6.45) is 2.35. The van der Waals surface area contributed by atoms with Gasteiger partial charge in [0, 0.05) is 38.2 Å². The van der Waals surface area contributed by atoms with E-state index in [9.17, 15) is 9.59 Å². The number of hydrogen-bond acceptors (Lipinski definition) is 4. The minimum absolute atomic E-state index is 0.106. The van der Waals surface area contributed by atoms with E-state index in [-0.39, 0.29) is 11.9 Å². The number of carbonyl (C=O) groups is 2. The van der Waals surface area contributed by atoms with E-state index in [1.807, 2.05) is 42.2 Å². The average Bonchev–Trinajstić information content (AvgIpc) is 2.60. The predicted molar refractivity (Wildman–Crippen MR) is 89.3 cm³/mol. The summed E-state index contributed by atoms with van der Waals surface area (Å²) in [4.78, 5) is 27.9. The molecule has 23 heavy (non-hydrogen) atoms. The van der Waals surface area contributed by atoms with Crippen molar-refractivity contribution in [2.45, 2.75) is 26.2 Å². The summed E-state index contributed by atoms with van der Waals surface area (Å²) in [7, 11) is 0. The lowest BCUT2D eigenvalue weighted by Crippen LogP contribution is -2.48. The molecule has 1 aromatic rings. The van der Waals surface area contributed by atoms with E-state index < -0.39 is 0 Å². The van der Waals surface area contributed by atoms with E-state index in [1.54, 1.807) is 0 Å². The van der Waals surface area contributed by atoms with Gasteiger partial charge in [-0.2, -0.15) is 0 Å². The molecule has 1 aliphatic rings. The largest absolute Gasteiger partial charge is 0.466 e. The van der Waals surface area contributed by atoms with Crippen LogP contribution in [0.3, 0.4) is 0 Å². The van der Waals surface area contributed by atoms with Gasteiger partial charge in [-0.1, -0.05) is 18.2 Å². The molecule has 2 rings (SSSR count). The third-order valence-corrected chi connectivity index (χ3v) is 4.09. The maximum atomic E-state index is 12.4. The molecule has 0 unspecified atom stereocenters.